The van der Waals surface area contributed by atoms with Crippen LogP contribution in [0, 0.1) is 13.8 Å². The maximum atomic E-state index is 12.7. The molecule has 3 nitrogen and oxygen atoms in total. The predicted molar refractivity (Wildman–Crippen MR) is 112 cm³/mol. The fourth-order valence-electron chi connectivity index (χ4n) is 4.34. The van der Waals surface area contributed by atoms with Gasteiger partial charge in [0, 0.05) is 6.42 Å². The molecule has 1 N–H and O–H groups in total. The second-order valence-electron chi connectivity index (χ2n) is 7.86. The molecule has 0 radical (unpaired) electrons. The first-order valence-corrected chi connectivity index (χ1v) is 9.98. The number of allylic oxidation sites excluding steroid dienone is 1. The number of hydrogen-bond donors (Lipinski definition) is 1. The number of carboxylic acids is 1. The van der Waals surface area contributed by atoms with Gasteiger partial charge < -0.3 is 5.11 Å². The number of benzene rings is 2. The molecule has 3 rings (SSSR count). The SMILES string of the molecule is C/C=C(/C(=O)O)C(=O)CC1CCC(c2ccccc2)Cc2cc(C)c(C)cc21. The van der Waals surface area contributed by atoms with Gasteiger partial charge in [0.1, 0.15) is 0 Å². The summed E-state index contributed by atoms with van der Waals surface area (Å²) in [6.07, 6.45) is 4.50. The highest BCUT2D eigenvalue weighted by Crippen LogP contribution is 2.40. The monoisotopic (exact) mass is 376 g/mol. The smallest absolute Gasteiger partial charge is 0.338 e. The molecule has 2 unspecified atom stereocenters. The summed E-state index contributed by atoms with van der Waals surface area (Å²) >= 11 is 0. The van der Waals surface area contributed by atoms with Crippen LogP contribution < -0.4 is 0 Å². The Labute approximate surface area is 167 Å². The Morgan fingerprint density at radius 1 is 1.07 bits per heavy atom. The Kier molecular flexibility index (Phi) is 6.13. The molecule has 0 bridgehead atoms. The number of carbonyl (C=O) groups is 2. The Morgan fingerprint density at radius 2 is 1.75 bits per heavy atom. The molecule has 0 heterocycles. The van der Waals surface area contributed by atoms with Gasteiger partial charge in [-0.2, -0.15) is 0 Å². The van der Waals surface area contributed by atoms with Gasteiger partial charge in [0.15, 0.2) is 5.78 Å². The standard InChI is InChI=1S/C25H28O3/c1-4-22(25(27)28)24(26)15-20-11-10-19(18-8-6-5-7-9-18)14-21-12-16(2)17(3)13-23(20)21/h4-9,12-13,19-20H,10-11,14-15H2,1-3H3,(H,27,28)/b22-4+. The van der Waals surface area contributed by atoms with Crippen molar-refractivity contribution in [2.24, 2.45) is 0 Å². The van der Waals surface area contributed by atoms with Crippen LogP contribution in [0.15, 0.2) is 54.1 Å². The van der Waals surface area contributed by atoms with Crippen molar-refractivity contribution in [3.05, 3.63) is 81.9 Å². The van der Waals surface area contributed by atoms with Crippen molar-refractivity contribution in [3.8, 4) is 0 Å². The second-order valence-corrected chi connectivity index (χ2v) is 7.86. The van der Waals surface area contributed by atoms with Crippen LogP contribution >= 0.6 is 0 Å². The number of aliphatic carboxylic acids is 1. The third-order valence-corrected chi connectivity index (χ3v) is 6.05. The molecule has 0 amide bonds. The zero-order chi connectivity index (χ0) is 20.3. The number of ketones is 1. The number of rotatable bonds is 5. The highest BCUT2D eigenvalue weighted by Gasteiger charge is 2.28. The lowest BCUT2D eigenvalue weighted by Gasteiger charge is -2.19. The summed E-state index contributed by atoms with van der Waals surface area (Å²) in [5, 5.41) is 9.31. The molecule has 28 heavy (non-hydrogen) atoms. The number of Topliss-reactive ketones (excluding diaryl/α,β-unsaturated/α-hetero) is 1. The quantitative estimate of drug-likeness (QED) is 0.325. The summed E-state index contributed by atoms with van der Waals surface area (Å²) in [6, 6.07) is 15.0. The van der Waals surface area contributed by atoms with Crippen LogP contribution in [-0.4, -0.2) is 16.9 Å². The maximum Gasteiger partial charge on any atom is 0.338 e. The van der Waals surface area contributed by atoms with E-state index in [1.807, 2.05) is 6.07 Å². The van der Waals surface area contributed by atoms with Gasteiger partial charge in [0.2, 0.25) is 0 Å². The summed E-state index contributed by atoms with van der Waals surface area (Å²) in [6.45, 7) is 5.84. The molecule has 0 saturated carbocycles. The van der Waals surface area contributed by atoms with Crippen molar-refractivity contribution >= 4 is 11.8 Å². The van der Waals surface area contributed by atoms with Crippen LogP contribution in [0.1, 0.15) is 65.8 Å². The average Bonchev–Trinajstić information content (AvgIpc) is 2.83. The first kappa shape index (κ1) is 20.1. The van der Waals surface area contributed by atoms with Gasteiger partial charge in [0.25, 0.3) is 0 Å². The number of carbonyl (C=O) groups excluding carboxylic acids is 1. The normalized spacial score (nSPS) is 19.6. The average molecular weight is 376 g/mol. The lowest BCUT2D eigenvalue weighted by molar-refractivity contribution is -0.134. The molecule has 1 aliphatic rings. The molecule has 1 aliphatic carbocycles. The highest BCUT2D eigenvalue weighted by molar-refractivity contribution is 6.16. The largest absolute Gasteiger partial charge is 0.478 e. The molecule has 0 aromatic heterocycles. The van der Waals surface area contributed by atoms with E-state index in [2.05, 4.69) is 50.2 Å². The van der Waals surface area contributed by atoms with Gasteiger partial charge >= 0.3 is 5.97 Å². The molecule has 2 aromatic carbocycles. The molecule has 2 aromatic rings. The van der Waals surface area contributed by atoms with Crippen LogP contribution in [0.2, 0.25) is 0 Å². The van der Waals surface area contributed by atoms with Crippen molar-refractivity contribution in [1.82, 2.24) is 0 Å². The van der Waals surface area contributed by atoms with Gasteiger partial charge in [-0.3, -0.25) is 4.79 Å². The van der Waals surface area contributed by atoms with E-state index in [0.29, 0.717) is 5.92 Å². The minimum absolute atomic E-state index is 0.0600. The number of carboxylic acid groups (broad SMARTS) is 1. The van der Waals surface area contributed by atoms with Crippen LogP contribution in [0.5, 0.6) is 0 Å². The van der Waals surface area contributed by atoms with E-state index in [1.54, 1.807) is 6.92 Å². The first-order chi connectivity index (χ1) is 13.4. The summed E-state index contributed by atoms with van der Waals surface area (Å²) in [4.78, 5) is 24.0. The topological polar surface area (TPSA) is 54.4 Å². The van der Waals surface area contributed by atoms with E-state index in [9.17, 15) is 14.7 Å². The molecule has 0 fully saturated rings. The molecule has 0 saturated heterocycles. The van der Waals surface area contributed by atoms with Crippen molar-refractivity contribution in [1.29, 1.82) is 0 Å². The van der Waals surface area contributed by atoms with E-state index in [0.717, 1.165) is 19.3 Å². The molecule has 2 atom stereocenters. The molecule has 0 aliphatic heterocycles. The van der Waals surface area contributed by atoms with Crippen LogP contribution in [0.4, 0.5) is 0 Å². The van der Waals surface area contributed by atoms with Crippen LogP contribution in [-0.2, 0) is 16.0 Å². The van der Waals surface area contributed by atoms with E-state index in [1.165, 1.54) is 33.9 Å². The van der Waals surface area contributed by atoms with Gasteiger partial charge in [-0.05, 0) is 79.7 Å². The highest BCUT2D eigenvalue weighted by atomic mass is 16.4. The third-order valence-electron chi connectivity index (χ3n) is 6.05. The third kappa shape index (κ3) is 4.24. The molecule has 146 valence electrons. The van der Waals surface area contributed by atoms with E-state index >= 15 is 0 Å². The van der Waals surface area contributed by atoms with Crippen molar-refractivity contribution in [2.75, 3.05) is 0 Å². The van der Waals surface area contributed by atoms with Crippen molar-refractivity contribution < 1.29 is 14.7 Å². The fraction of sp³-hybridized carbons (Fsp3) is 0.360. The Hall–Kier alpha value is -2.68. The van der Waals surface area contributed by atoms with E-state index < -0.39 is 5.97 Å². The summed E-state index contributed by atoms with van der Waals surface area (Å²) in [5.74, 6) is -0.932. The van der Waals surface area contributed by atoms with E-state index in [4.69, 9.17) is 0 Å². The lowest BCUT2D eigenvalue weighted by atomic mass is 9.85. The molecule has 3 heteroatoms. The number of fused-ring (bicyclic) bond motifs is 1. The van der Waals surface area contributed by atoms with Gasteiger partial charge in [-0.15, -0.1) is 0 Å². The van der Waals surface area contributed by atoms with Crippen LogP contribution in [0.25, 0.3) is 0 Å². The maximum absolute atomic E-state index is 12.7. The summed E-state index contributed by atoms with van der Waals surface area (Å²) < 4.78 is 0. The lowest BCUT2D eigenvalue weighted by Crippen LogP contribution is -2.16. The summed E-state index contributed by atoms with van der Waals surface area (Å²) in [7, 11) is 0. The molecule has 0 spiro atoms. The van der Waals surface area contributed by atoms with E-state index in [-0.39, 0.29) is 23.7 Å². The Balaban J connectivity index is 1.96. The second kappa shape index (κ2) is 8.55. The minimum Gasteiger partial charge on any atom is -0.478 e. The first-order valence-electron chi connectivity index (χ1n) is 9.98. The minimum atomic E-state index is -1.14. The fourth-order valence-corrected chi connectivity index (χ4v) is 4.34. The van der Waals surface area contributed by atoms with Crippen LogP contribution in [0.3, 0.4) is 0 Å². The molecular weight excluding hydrogens is 348 g/mol. The van der Waals surface area contributed by atoms with Crippen molar-refractivity contribution in [3.63, 3.8) is 0 Å². The Morgan fingerprint density at radius 3 is 2.39 bits per heavy atom. The molecular formula is C25H28O3. The zero-order valence-electron chi connectivity index (χ0n) is 16.9. The van der Waals surface area contributed by atoms with Gasteiger partial charge in [-0.1, -0.05) is 48.5 Å². The Bertz CT molecular complexity index is 909. The van der Waals surface area contributed by atoms with Gasteiger partial charge in [0.05, 0.1) is 5.57 Å². The number of hydrogen-bond acceptors (Lipinski definition) is 2. The van der Waals surface area contributed by atoms with Gasteiger partial charge in [-0.25, -0.2) is 4.79 Å². The summed E-state index contributed by atoms with van der Waals surface area (Å²) in [5.41, 5.74) is 6.23. The predicted octanol–water partition coefficient (Wildman–Crippen LogP) is 5.50. The van der Waals surface area contributed by atoms with Crippen molar-refractivity contribution in [2.45, 2.75) is 58.3 Å². The zero-order valence-corrected chi connectivity index (χ0v) is 16.9. The number of aryl methyl sites for hydroxylation is 2.